The Labute approximate surface area is 159 Å². The molecule has 1 aromatic carbocycles. The van der Waals surface area contributed by atoms with E-state index in [1.54, 1.807) is 31.4 Å². The zero-order chi connectivity index (χ0) is 19.6. The van der Waals surface area contributed by atoms with E-state index in [0.29, 0.717) is 5.76 Å². The van der Waals surface area contributed by atoms with Gasteiger partial charge in [-0.05, 0) is 44.5 Å². The number of hydrogen-bond acceptors (Lipinski definition) is 4. The molecular formula is C21H26N2O4. The Kier molecular flexibility index (Phi) is 7.67. The summed E-state index contributed by atoms with van der Waals surface area (Å²) in [6.07, 6.45) is 5.60. The summed E-state index contributed by atoms with van der Waals surface area (Å²) in [5.74, 6) is 0.738. The van der Waals surface area contributed by atoms with Crippen molar-refractivity contribution in [3.05, 3.63) is 60.1 Å². The normalized spacial score (nSPS) is 13.1. The summed E-state index contributed by atoms with van der Waals surface area (Å²) >= 11 is 0. The van der Waals surface area contributed by atoms with Gasteiger partial charge in [0.25, 0.3) is 0 Å². The molecule has 0 saturated heterocycles. The lowest BCUT2D eigenvalue weighted by Crippen LogP contribution is -2.44. The maximum absolute atomic E-state index is 12.1. The molecule has 27 heavy (non-hydrogen) atoms. The van der Waals surface area contributed by atoms with Crippen LogP contribution >= 0.6 is 0 Å². The number of nitrogens with one attached hydrogen (secondary N) is 2. The first-order valence-corrected chi connectivity index (χ1v) is 9.04. The Morgan fingerprint density at radius 2 is 1.96 bits per heavy atom. The molecule has 0 aliphatic carbocycles. The van der Waals surface area contributed by atoms with Crippen LogP contribution in [0.2, 0.25) is 0 Å². The van der Waals surface area contributed by atoms with Gasteiger partial charge in [0.15, 0.2) is 0 Å². The first kappa shape index (κ1) is 20.3. The van der Waals surface area contributed by atoms with Crippen molar-refractivity contribution in [2.45, 2.75) is 45.9 Å². The summed E-state index contributed by atoms with van der Waals surface area (Å²) in [7, 11) is 0. The highest BCUT2D eigenvalue weighted by molar-refractivity contribution is 5.95. The van der Waals surface area contributed by atoms with E-state index < -0.39 is 6.04 Å². The first-order valence-electron chi connectivity index (χ1n) is 9.04. The molecule has 0 bridgehead atoms. The summed E-state index contributed by atoms with van der Waals surface area (Å²) < 4.78 is 11.0. The maximum atomic E-state index is 12.1. The number of ether oxygens (including phenoxy) is 1. The number of amides is 2. The first-order chi connectivity index (χ1) is 13.0. The minimum Gasteiger partial charge on any atom is -0.490 e. The molecule has 0 spiro atoms. The number of carbonyl (C=O) groups excluding carboxylic acids is 2. The van der Waals surface area contributed by atoms with Crippen LogP contribution in [-0.2, 0) is 16.1 Å². The topological polar surface area (TPSA) is 80.6 Å². The second-order valence-electron chi connectivity index (χ2n) is 6.24. The van der Waals surface area contributed by atoms with Gasteiger partial charge < -0.3 is 19.8 Å². The van der Waals surface area contributed by atoms with Gasteiger partial charge in [-0.15, -0.1) is 0 Å². The Bertz CT molecular complexity index is 768. The lowest BCUT2D eigenvalue weighted by atomic mass is 10.1. The Morgan fingerprint density at radius 1 is 1.19 bits per heavy atom. The fraction of sp³-hybridized carbons (Fsp3) is 0.333. The van der Waals surface area contributed by atoms with Crippen molar-refractivity contribution in [3.8, 4) is 5.75 Å². The zero-order valence-electron chi connectivity index (χ0n) is 15.9. The summed E-state index contributed by atoms with van der Waals surface area (Å²) in [4.78, 5) is 24.2. The Morgan fingerprint density at radius 3 is 2.67 bits per heavy atom. The molecule has 0 saturated carbocycles. The molecule has 2 aromatic rings. The van der Waals surface area contributed by atoms with Gasteiger partial charge in [0.05, 0.1) is 18.9 Å². The standard InChI is InChI=1S/C21H26N2O4/c1-4-15(2)27-19-10-6-5-8-17(19)11-12-20(24)23-16(3)21(25)22-14-18-9-7-13-26-18/h5-13,15-16H,4,14H2,1-3H3,(H,22,25)(H,23,24)/b12-11+. The van der Waals surface area contributed by atoms with Crippen LogP contribution in [-0.4, -0.2) is 24.0 Å². The zero-order valence-corrected chi connectivity index (χ0v) is 15.9. The Balaban J connectivity index is 1.88. The summed E-state index contributed by atoms with van der Waals surface area (Å²) in [5.41, 5.74) is 0.808. The second kappa shape index (κ2) is 10.2. The lowest BCUT2D eigenvalue weighted by Gasteiger charge is -2.14. The van der Waals surface area contributed by atoms with Crippen molar-refractivity contribution in [1.82, 2.24) is 10.6 Å². The molecule has 6 heteroatoms. The van der Waals surface area contributed by atoms with Crippen LogP contribution in [0.1, 0.15) is 38.5 Å². The van der Waals surface area contributed by atoms with Crippen molar-refractivity contribution >= 4 is 17.9 Å². The summed E-state index contributed by atoms with van der Waals surface area (Å²) in [6, 6.07) is 10.4. The highest BCUT2D eigenvalue weighted by atomic mass is 16.5. The van der Waals surface area contributed by atoms with Crippen LogP contribution in [0.25, 0.3) is 6.08 Å². The molecule has 2 N–H and O–H groups in total. The van der Waals surface area contributed by atoms with Gasteiger partial charge in [0, 0.05) is 11.6 Å². The number of para-hydroxylation sites is 1. The van der Waals surface area contributed by atoms with Gasteiger partial charge in [0.1, 0.15) is 17.6 Å². The molecule has 0 radical (unpaired) electrons. The largest absolute Gasteiger partial charge is 0.490 e. The average Bonchev–Trinajstić information content (AvgIpc) is 3.18. The third kappa shape index (κ3) is 6.66. The van der Waals surface area contributed by atoms with E-state index in [9.17, 15) is 9.59 Å². The van der Waals surface area contributed by atoms with Crippen LogP contribution < -0.4 is 15.4 Å². The SMILES string of the molecule is CCC(C)Oc1ccccc1/C=C/C(=O)NC(C)C(=O)NCc1ccco1. The van der Waals surface area contributed by atoms with E-state index in [2.05, 4.69) is 17.6 Å². The van der Waals surface area contributed by atoms with Crippen LogP contribution in [0, 0.1) is 0 Å². The summed E-state index contributed by atoms with van der Waals surface area (Å²) in [6.45, 7) is 5.95. The van der Waals surface area contributed by atoms with E-state index in [4.69, 9.17) is 9.15 Å². The molecule has 2 unspecified atom stereocenters. The van der Waals surface area contributed by atoms with Crippen molar-refractivity contribution < 1.29 is 18.7 Å². The predicted octanol–water partition coefficient (Wildman–Crippen LogP) is 3.29. The molecular weight excluding hydrogens is 344 g/mol. The fourth-order valence-electron chi connectivity index (χ4n) is 2.26. The van der Waals surface area contributed by atoms with Crippen LogP contribution in [0.4, 0.5) is 0 Å². The molecule has 0 aliphatic heterocycles. The molecule has 2 amide bonds. The minimum absolute atomic E-state index is 0.0891. The number of benzene rings is 1. The van der Waals surface area contributed by atoms with Crippen LogP contribution in [0.5, 0.6) is 5.75 Å². The van der Waals surface area contributed by atoms with E-state index >= 15 is 0 Å². The predicted molar refractivity (Wildman–Crippen MR) is 104 cm³/mol. The van der Waals surface area contributed by atoms with Crippen LogP contribution in [0.15, 0.2) is 53.2 Å². The molecule has 0 fully saturated rings. The number of hydrogen-bond donors (Lipinski definition) is 2. The lowest BCUT2D eigenvalue weighted by molar-refractivity contribution is -0.126. The quantitative estimate of drug-likeness (QED) is 0.664. The van der Waals surface area contributed by atoms with Gasteiger partial charge >= 0.3 is 0 Å². The molecule has 2 rings (SSSR count). The third-order valence-corrected chi connectivity index (χ3v) is 4.01. The monoisotopic (exact) mass is 370 g/mol. The van der Waals surface area contributed by atoms with Crippen molar-refractivity contribution in [2.75, 3.05) is 0 Å². The molecule has 2 atom stereocenters. The van der Waals surface area contributed by atoms with Gasteiger partial charge in [-0.25, -0.2) is 0 Å². The van der Waals surface area contributed by atoms with E-state index in [-0.39, 0.29) is 24.5 Å². The molecule has 1 aromatic heterocycles. The fourth-order valence-corrected chi connectivity index (χ4v) is 2.26. The summed E-state index contributed by atoms with van der Waals surface area (Å²) in [5, 5.41) is 5.35. The molecule has 6 nitrogen and oxygen atoms in total. The van der Waals surface area contributed by atoms with E-state index in [0.717, 1.165) is 17.7 Å². The van der Waals surface area contributed by atoms with E-state index in [1.807, 2.05) is 31.2 Å². The number of furan rings is 1. The number of carbonyl (C=O) groups is 2. The van der Waals surface area contributed by atoms with Crippen LogP contribution in [0.3, 0.4) is 0 Å². The highest BCUT2D eigenvalue weighted by Gasteiger charge is 2.14. The Hall–Kier alpha value is -3.02. The van der Waals surface area contributed by atoms with Gasteiger partial charge in [0.2, 0.25) is 11.8 Å². The smallest absolute Gasteiger partial charge is 0.244 e. The second-order valence-corrected chi connectivity index (χ2v) is 6.24. The van der Waals surface area contributed by atoms with Crippen molar-refractivity contribution in [2.24, 2.45) is 0 Å². The molecule has 144 valence electrons. The minimum atomic E-state index is -0.663. The third-order valence-electron chi connectivity index (χ3n) is 4.01. The highest BCUT2D eigenvalue weighted by Crippen LogP contribution is 2.21. The van der Waals surface area contributed by atoms with E-state index in [1.165, 1.54) is 6.08 Å². The van der Waals surface area contributed by atoms with Gasteiger partial charge in [-0.3, -0.25) is 9.59 Å². The number of rotatable bonds is 9. The maximum Gasteiger partial charge on any atom is 0.244 e. The molecule has 0 aliphatic rings. The van der Waals surface area contributed by atoms with Gasteiger partial charge in [-0.2, -0.15) is 0 Å². The molecule has 1 heterocycles. The average molecular weight is 370 g/mol. The van der Waals surface area contributed by atoms with Crippen molar-refractivity contribution in [3.63, 3.8) is 0 Å². The van der Waals surface area contributed by atoms with Crippen molar-refractivity contribution in [1.29, 1.82) is 0 Å². The van der Waals surface area contributed by atoms with Gasteiger partial charge in [-0.1, -0.05) is 25.1 Å².